The highest BCUT2D eigenvalue weighted by atomic mass is 15.3. The molecule has 2 heterocycles. The van der Waals surface area contributed by atoms with E-state index >= 15 is 0 Å². The Kier molecular flexibility index (Phi) is 3.28. The molecule has 1 N–H and O–H groups in total. The first-order valence-electron chi connectivity index (χ1n) is 6.69. The van der Waals surface area contributed by atoms with Crippen molar-refractivity contribution in [3.8, 4) is 6.07 Å². The van der Waals surface area contributed by atoms with Gasteiger partial charge in [-0.05, 0) is 30.7 Å². The van der Waals surface area contributed by atoms with Crippen molar-refractivity contribution >= 4 is 16.7 Å². The van der Waals surface area contributed by atoms with Crippen LogP contribution in [0.3, 0.4) is 0 Å². The summed E-state index contributed by atoms with van der Waals surface area (Å²) in [7, 11) is 1.89. The zero-order valence-corrected chi connectivity index (χ0v) is 12.0. The quantitative estimate of drug-likeness (QED) is 0.799. The maximum absolute atomic E-state index is 8.91. The lowest BCUT2D eigenvalue weighted by molar-refractivity contribution is 0.774. The Hall–Kier alpha value is -2.87. The van der Waals surface area contributed by atoms with Crippen LogP contribution in [0.5, 0.6) is 0 Å². The number of aromatic nitrogens is 3. The average molecular weight is 277 g/mol. The molecule has 0 fully saturated rings. The van der Waals surface area contributed by atoms with Crippen LogP contribution >= 0.6 is 0 Å². The SMILES string of the molecule is Cc1nn(C)c2ncc(NCc3cccc(C#N)c3)cc12. The second-order valence-corrected chi connectivity index (χ2v) is 4.97. The molecule has 0 aliphatic heterocycles. The zero-order valence-electron chi connectivity index (χ0n) is 12.0. The average Bonchev–Trinajstić information content (AvgIpc) is 2.80. The highest BCUT2D eigenvalue weighted by Gasteiger charge is 2.06. The first kappa shape index (κ1) is 13.1. The van der Waals surface area contributed by atoms with Crippen molar-refractivity contribution in [2.45, 2.75) is 13.5 Å². The van der Waals surface area contributed by atoms with E-state index in [1.165, 1.54) is 0 Å². The second kappa shape index (κ2) is 5.25. The molecule has 3 aromatic rings. The maximum atomic E-state index is 8.91. The fraction of sp³-hybridized carbons (Fsp3) is 0.188. The van der Waals surface area contributed by atoms with Crippen LogP contribution in [0.2, 0.25) is 0 Å². The minimum Gasteiger partial charge on any atom is -0.380 e. The Bertz CT molecular complexity index is 841. The van der Waals surface area contributed by atoms with Crippen molar-refractivity contribution in [1.29, 1.82) is 5.26 Å². The molecule has 0 bridgehead atoms. The van der Waals surface area contributed by atoms with Gasteiger partial charge in [-0.15, -0.1) is 0 Å². The molecule has 0 spiro atoms. The van der Waals surface area contributed by atoms with E-state index in [1.54, 1.807) is 16.9 Å². The molecule has 0 radical (unpaired) electrons. The third-order valence-corrected chi connectivity index (χ3v) is 3.42. The van der Waals surface area contributed by atoms with Crippen molar-refractivity contribution in [1.82, 2.24) is 14.8 Å². The van der Waals surface area contributed by atoms with Gasteiger partial charge in [-0.1, -0.05) is 12.1 Å². The number of aryl methyl sites for hydroxylation is 2. The summed E-state index contributed by atoms with van der Waals surface area (Å²) in [6, 6.07) is 11.8. The molecule has 104 valence electrons. The van der Waals surface area contributed by atoms with Gasteiger partial charge in [-0.2, -0.15) is 10.4 Å². The number of anilines is 1. The molecule has 1 aromatic carbocycles. The van der Waals surface area contributed by atoms with Crippen molar-refractivity contribution in [3.05, 3.63) is 53.3 Å². The summed E-state index contributed by atoms with van der Waals surface area (Å²) in [4.78, 5) is 4.43. The lowest BCUT2D eigenvalue weighted by Crippen LogP contribution is -2.00. The molecule has 2 aromatic heterocycles. The molecule has 3 rings (SSSR count). The minimum absolute atomic E-state index is 0.655. The van der Waals surface area contributed by atoms with Crippen LogP contribution in [0.1, 0.15) is 16.8 Å². The fourth-order valence-electron chi connectivity index (χ4n) is 2.36. The van der Waals surface area contributed by atoms with E-state index in [0.717, 1.165) is 28.0 Å². The third-order valence-electron chi connectivity index (χ3n) is 3.42. The van der Waals surface area contributed by atoms with Gasteiger partial charge < -0.3 is 5.32 Å². The minimum atomic E-state index is 0.655. The highest BCUT2D eigenvalue weighted by Crippen LogP contribution is 2.19. The lowest BCUT2D eigenvalue weighted by Gasteiger charge is -2.07. The van der Waals surface area contributed by atoms with Crippen LogP contribution in [-0.4, -0.2) is 14.8 Å². The van der Waals surface area contributed by atoms with E-state index in [1.807, 2.05) is 32.2 Å². The van der Waals surface area contributed by atoms with Crippen molar-refractivity contribution in [3.63, 3.8) is 0 Å². The van der Waals surface area contributed by atoms with Crippen molar-refractivity contribution < 1.29 is 0 Å². The summed E-state index contributed by atoms with van der Waals surface area (Å²) in [5, 5.41) is 17.7. The molecule has 0 unspecified atom stereocenters. The molecule has 5 heteroatoms. The predicted molar refractivity (Wildman–Crippen MR) is 81.7 cm³/mol. The van der Waals surface area contributed by atoms with E-state index in [-0.39, 0.29) is 0 Å². The number of benzene rings is 1. The van der Waals surface area contributed by atoms with Gasteiger partial charge in [0.2, 0.25) is 0 Å². The fourth-order valence-corrected chi connectivity index (χ4v) is 2.36. The van der Waals surface area contributed by atoms with Crippen molar-refractivity contribution in [2.75, 3.05) is 5.32 Å². The molecule has 0 atom stereocenters. The number of rotatable bonds is 3. The normalized spacial score (nSPS) is 10.5. The number of nitrogens with zero attached hydrogens (tertiary/aromatic N) is 4. The monoisotopic (exact) mass is 277 g/mol. The Morgan fingerprint density at radius 1 is 1.33 bits per heavy atom. The zero-order chi connectivity index (χ0) is 14.8. The van der Waals surface area contributed by atoms with Crippen LogP contribution in [-0.2, 0) is 13.6 Å². The van der Waals surface area contributed by atoms with Gasteiger partial charge in [0.1, 0.15) is 0 Å². The number of nitrogens with one attached hydrogen (secondary N) is 1. The van der Waals surface area contributed by atoms with Gasteiger partial charge in [-0.3, -0.25) is 4.68 Å². The van der Waals surface area contributed by atoms with E-state index in [0.29, 0.717) is 12.1 Å². The molecule has 0 aliphatic rings. The van der Waals surface area contributed by atoms with Gasteiger partial charge in [0.05, 0.1) is 29.2 Å². The van der Waals surface area contributed by atoms with Gasteiger partial charge in [-0.25, -0.2) is 4.98 Å². The summed E-state index contributed by atoms with van der Waals surface area (Å²) in [6.45, 7) is 2.63. The molecular formula is C16H15N5. The summed E-state index contributed by atoms with van der Waals surface area (Å²) >= 11 is 0. The van der Waals surface area contributed by atoms with Crippen LogP contribution < -0.4 is 5.32 Å². The molecule has 5 nitrogen and oxygen atoms in total. The smallest absolute Gasteiger partial charge is 0.157 e. The summed E-state index contributed by atoms with van der Waals surface area (Å²) in [5.41, 5.74) is 4.53. The van der Waals surface area contributed by atoms with E-state index in [9.17, 15) is 0 Å². The molecule has 0 saturated heterocycles. The summed E-state index contributed by atoms with van der Waals surface area (Å²) in [5.74, 6) is 0. The molecule has 21 heavy (non-hydrogen) atoms. The number of hydrogen-bond acceptors (Lipinski definition) is 4. The van der Waals surface area contributed by atoms with Gasteiger partial charge in [0, 0.05) is 19.0 Å². The van der Waals surface area contributed by atoms with E-state index in [2.05, 4.69) is 27.5 Å². The Morgan fingerprint density at radius 3 is 3.00 bits per heavy atom. The van der Waals surface area contributed by atoms with Crippen LogP contribution in [0.4, 0.5) is 5.69 Å². The van der Waals surface area contributed by atoms with E-state index < -0.39 is 0 Å². The second-order valence-electron chi connectivity index (χ2n) is 4.97. The first-order chi connectivity index (χ1) is 10.2. The van der Waals surface area contributed by atoms with Crippen LogP contribution in [0.25, 0.3) is 11.0 Å². The van der Waals surface area contributed by atoms with Crippen LogP contribution in [0.15, 0.2) is 36.5 Å². The van der Waals surface area contributed by atoms with Crippen LogP contribution in [0, 0.1) is 18.3 Å². The summed E-state index contributed by atoms with van der Waals surface area (Å²) < 4.78 is 1.78. The number of hydrogen-bond donors (Lipinski definition) is 1. The third kappa shape index (κ3) is 2.56. The molecule has 0 saturated carbocycles. The number of nitriles is 1. The summed E-state index contributed by atoms with van der Waals surface area (Å²) in [6.07, 6.45) is 1.80. The Labute approximate surface area is 122 Å². The molecule has 0 amide bonds. The molecule has 0 aliphatic carbocycles. The maximum Gasteiger partial charge on any atom is 0.157 e. The number of pyridine rings is 1. The van der Waals surface area contributed by atoms with Crippen molar-refractivity contribution in [2.24, 2.45) is 7.05 Å². The predicted octanol–water partition coefficient (Wildman–Crippen LogP) is 2.76. The van der Waals surface area contributed by atoms with Gasteiger partial charge >= 0.3 is 0 Å². The number of fused-ring (bicyclic) bond motifs is 1. The van der Waals surface area contributed by atoms with Gasteiger partial charge in [0.15, 0.2) is 5.65 Å². The Morgan fingerprint density at radius 2 is 2.19 bits per heavy atom. The largest absolute Gasteiger partial charge is 0.380 e. The lowest BCUT2D eigenvalue weighted by atomic mass is 10.1. The van der Waals surface area contributed by atoms with Gasteiger partial charge in [0.25, 0.3) is 0 Å². The topological polar surface area (TPSA) is 66.5 Å². The highest BCUT2D eigenvalue weighted by molar-refractivity contribution is 5.81. The standard InChI is InChI=1S/C16H15N5/c1-11-15-7-14(10-19-16(15)21(2)20-11)18-9-13-5-3-4-12(6-13)8-17/h3-7,10,18H,9H2,1-2H3. The Balaban J connectivity index is 1.82. The first-order valence-corrected chi connectivity index (χ1v) is 6.69. The van der Waals surface area contributed by atoms with E-state index in [4.69, 9.17) is 5.26 Å². The molecular weight excluding hydrogens is 262 g/mol.